The Hall–Kier alpha value is -2.28. The van der Waals surface area contributed by atoms with E-state index in [4.69, 9.17) is 5.11 Å². The Kier molecular flexibility index (Phi) is 2.52. The highest BCUT2D eigenvalue weighted by atomic mass is 32.1. The van der Waals surface area contributed by atoms with E-state index < -0.39 is 5.97 Å². The number of hydrogen-bond acceptors (Lipinski definition) is 5. The zero-order valence-corrected chi connectivity index (χ0v) is 9.96. The molecule has 1 aromatic carbocycles. The highest BCUT2D eigenvalue weighted by Gasteiger charge is 2.08. The van der Waals surface area contributed by atoms with Crippen LogP contribution in [0.15, 0.2) is 30.9 Å². The third kappa shape index (κ3) is 1.95. The Morgan fingerprint density at radius 3 is 3.06 bits per heavy atom. The summed E-state index contributed by atoms with van der Waals surface area (Å²) < 4.78 is 2.54. The van der Waals surface area contributed by atoms with Crippen molar-refractivity contribution in [1.29, 1.82) is 0 Å². The van der Waals surface area contributed by atoms with E-state index in [1.54, 1.807) is 29.2 Å². The Bertz CT molecular complexity index is 705. The molecular formula is C11H8N4O2S. The van der Waals surface area contributed by atoms with Crippen molar-refractivity contribution in [2.75, 3.05) is 0 Å². The summed E-state index contributed by atoms with van der Waals surface area (Å²) in [5, 5.41) is 13.8. The molecule has 6 nitrogen and oxygen atoms in total. The van der Waals surface area contributed by atoms with Crippen molar-refractivity contribution < 1.29 is 9.90 Å². The fourth-order valence-corrected chi connectivity index (χ4v) is 2.62. The van der Waals surface area contributed by atoms with Gasteiger partial charge in [0.25, 0.3) is 0 Å². The third-order valence-corrected chi connectivity index (χ3v) is 3.45. The van der Waals surface area contributed by atoms with Crippen molar-refractivity contribution in [3.8, 4) is 0 Å². The monoisotopic (exact) mass is 260 g/mol. The van der Waals surface area contributed by atoms with Gasteiger partial charge in [-0.2, -0.15) is 5.10 Å². The second-order valence-electron chi connectivity index (χ2n) is 3.69. The molecule has 2 heterocycles. The first kappa shape index (κ1) is 10.8. The van der Waals surface area contributed by atoms with Crippen molar-refractivity contribution in [2.45, 2.75) is 6.54 Å². The average molecular weight is 260 g/mol. The standard InChI is InChI=1S/C11H8N4O2S/c16-11(17)7-1-2-8-9(3-7)18-10(14-8)4-15-6-12-5-13-15/h1-3,5-6H,4H2,(H,16,17). The van der Waals surface area contributed by atoms with Gasteiger partial charge in [0, 0.05) is 0 Å². The van der Waals surface area contributed by atoms with Gasteiger partial charge in [-0.1, -0.05) is 0 Å². The summed E-state index contributed by atoms with van der Waals surface area (Å²) in [6.45, 7) is 0.543. The van der Waals surface area contributed by atoms with Crippen molar-refractivity contribution in [2.24, 2.45) is 0 Å². The SMILES string of the molecule is O=C(O)c1ccc2nc(Cn3cncn3)sc2c1. The number of hydrogen-bond donors (Lipinski definition) is 1. The normalized spacial score (nSPS) is 10.9. The summed E-state index contributed by atoms with van der Waals surface area (Å²) in [5.74, 6) is -0.928. The van der Waals surface area contributed by atoms with Crippen LogP contribution in [0.25, 0.3) is 10.2 Å². The molecule has 0 aliphatic rings. The van der Waals surface area contributed by atoms with Gasteiger partial charge in [-0.05, 0) is 18.2 Å². The minimum Gasteiger partial charge on any atom is -0.478 e. The van der Waals surface area contributed by atoms with Crippen molar-refractivity contribution in [3.63, 3.8) is 0 Å². The highest BCUT2D eigenvalue weighted by Crippen LogP contribution is 2.23. The number of fused-ring (bicyclic) bond motifs is 1. The number of aromatic nitrogens is 4. The molecule has 0 amide bonds. The van der Waals surface area contributed by atoms with Gasteiger partial charge in [0.2, 0.25) is 0 Å². The molecule has 0 bridgehead atoms. The summed E-state index contributed by atoms with van der Waals surface area (Å²) >= 11 is 1.46. The van der Waals surface area contributed by atoms with Gasteiger partial charge in [0.05, 0.1) is 22.3 Å². The molecular weight excluding hydrogens is 252 g/mol. The second-order valence-corrected chi connectivity index (χ2v) is 4.80. The molecule has 0 atom stereocenters. The first-order valence-electron chi connectivity index (χ1n) is 5.17. The number of carboxylic acid groups (broad SMARTS) is 1. The van der Waals surface area contributed by atoms with Crippen molar-refractivity contribution >= 4 is 27.5 Å². The van der Waals surface area contributed by atoms with Gasteiger partial charge >= 0.3 is 5.97 Å². The highest BCUT2D eigenvalue weighted by molar-refractivity contribution is 7.18. The van der Waals surface area contributed by atoms with E-state index in [1.165, 1.54) is 17.7 Å². The zero-order chi connectivity index (χ0) is 12.5. The number of rotatable bonds is 3. The van der Waals surface area contributed by atoms with Gasteiger partial charge in [0.15, 0.2) is 0 Å². The maximum absolute atomic E-state index is 10.9. The molecule has 0 spiro atoms. The average Bonchev–Trinajstić information content (AvgIpc) is 2.96. The van der Waals surface area contributed by atoms with Gasteiger partial charge in [-0.15, -0.1) is 11.3 Å². The summed E-state index contributed by atoms with van der Waals surface area (Å²) in [4.78, 5) is 19.2. The van der Waals surface area contributed by atoms with Crippen molar-refractivity contribution in [3.05, 3.63) is 41.4 Å². The van der Waals surface area contributed by atoms with E-state index in [0.717, 1.165) is 15.2 Å². The number of benzene rings is 1. The van der Waals surface area contributed by atoms with Crippen LogP contribution in [0.5, 0.6) is 0 Å². The number of aromatic carboxylic acids is 1. The molecule has 18 heavy (non-hydrogen) atoms. The van der Waals surface area contributed by atoms with Crippen LogP contribution < -0.4 is 0 Å². The number of carbonyl (C=O) groups is 1. The molecule has 0 aliphatic carbocycles. The molecule has 0 saturated heterocycles. The molecule has 90 valence electrons. The van der Waals surface area contributed by atoms with Gasteiger partial charge in [-0.3, -0.25) is 0 Å². The zero-order valence-electron chi connectivity index (χ0n) is 9.15. The first-order valence-corrected chi connectivity index (χ1v) is 5.99. The molecule has 0 unspecified atom stereocenters. The van der Waals surface area contributed by atoms with Crippen LogP contribution in [-0.4, -0.2) is 30.8 Å². The van der Waals surface area contributed by atoms with E-state index >= 15 is 0 Å². The van der Waals surface area contributed by atoms with E-state index in [0.29, 0.717) is 6.54 Å². The lowest BCUT2D eigenvalue weighted by Crippen LogP contribution is -1.98. The Labute approximate surface area is 106 Å². The van der Waals surface area contributed by atoms with Crippen LogP contribution in [0, 0.1) is 0 Å². The van der Waals surface area contributed by atoms with Gasteiger partial charge < -0.3 is 5.11 Å². The summed E-state index contributed by atoms with van der Waals surface area (Å²) in [6, 6.07) is 4.92. The minimum atomic E-state index is -0.928. The van der Waals surface area contributed by atoms with E-state index in [1.807, 2.05) is 0 Å². The van der Waals surface area contributed by atoms with E-state index in [2.05, 4.69) is 15.1 Å². The lowest BCUT2D eigenvalue weighted by Gasteiger charge is -1.93. The predicted octanol–water partition coefficient (Wildman–Crippen LogP) is 1.63. The molecule has 3 aromatic rings. The van der Waals surface area contributed by atoms with E-state index in [9.17, 15) is 4.79 Å². The molecule has 0 fully saturated rings. The minimum absolute atomic E-state index is 0.276. The van der Waals surface area contributed by atoms with Crippen LogP contribution in [0.4, 0.5) is 0 Å². The first-order chi connectivity index (χ1) is 8.72. The van der Waals surface area contributed by atoms with Crippen molar-refractivity contribution in [1.82, 2.24) is 19.7 Å². The number of thiazole rings is 1. The lowest BCUT2D eigenvalue weighted by molar-refractivity contribution is 0.0697. The molecule has 2 aromatic heterocycles. The smallest absolute Gasteiger partial charge is 0.335 e. The van der Waals surface area contributed by atoms with Crippen LogP contribution in [0.1, 0.15) is 15.4 Å². The molecule has 0 saturated carbocycles. The fourth-order valence-electron chi connectivity index (χ4n) is 1.63. The summed E-state index contributed by atoms with van der Waals surface area (Å²) in [6.07, 6.45) is 3.09. The maximum Gasteiger partial charge on any atom is 0.335 e. The Morgan fingerprint density at radius 1 is 1.44 bits per heavy atom. The van der Waals surface area contributed by atoms with Crippen LogP contribution >= 0.6 is 11.3 Å². The Morgan fingerprint density at radius 2 is 2.33 bits per heavy atom. The molecule has 0 aliphatic heterocycles. The van der Waals surface area contributed by atoms with Gasteiger partial charge in [-0.25, -0.2) is 19.4 Å². The fraction of sp³-hybridized carbons (Fsp3) is 0.0909. The molecule has 7 heteroatoms. The molecule has 1 N–H and O–H groups in total. The van der Waals surface area contributed by atoms with Crippen LogP contribution in [-0.2, 0) is 6.54 Å². The van der Waals surface area contributed by atoms with Crippen LogP contribution in [0.3, 0.4) is 0 Å². The summed E-state index contributed by atoms with van der Waals surface area (Å²) in [7, 11) is 0. The number of carboxylic acids is 1. The second kappa shape index (κ2) is 4.19. The molecule has 0 radical (unpaired) electrons. The predicted molar refractivity (Wildman–Crippen MR) is 65.7 cm³/mol. The largest absolute Gasteiger partial charge is 0.478 e. The third-order valence-electron chi connectivity index (χ3n) is 2.44. The lowest BCUT2D eigenvalue weighted by atomic mass is 10.2. The van der Waals surface area contributed by atoms with Gasteiger partial charge in [0.1, 0.15) is 17.7 Å². The Balaban J connectivity index is 1.98. The molecule has 3 rings (SSSR count). The van der Waals surface area contributed by atoms with Crippen LogP contribution in [0.2, 0.25) is 0 Å². The topological polar surface area (TPSA) is 80.9 Å². The maximum atomic E-state index is 10.9. The quantitative estimate of drug-likeness (QED) is 0.774. The summed E-state index contributed by atoms with van der Waals surface area (Å²) in [5.41, 5.74) is 1.08. The number of nitrogens with zero attached hydrogens (tertiary/aromatic N) is 4. The van der Waals surface area contributed by atoms with E-state index in [-0.39, 0.29) is 5.56 Å².